The monoisotopic (exact) mass is 146 g/mol. The summed E-state index contributed by atoms with van der Waals surface area (Å²) in [6.07, 6.45) is 1.34. The van der Waals surface area contributed by atoms with Crippen molar-refractivity contribution in [3.8, 4) is 0 Å². The molecule has 0 saturated carbocycles. The summed E-state index contributed by atoms with van der Waals surface area (Å²) < 4.78 is 5.35. The van der Waals surface area contributed by atoms with E-state index in [1.54, 1.807) is 0 Å². The third-order valence-electron chi connectivity index (χ3n) is 1.57. The Hall–Kier alpha value is -0.0800. The van der Waals surface area contributed by atoms with Gasteiger partial charge < -0.3 is 9.84 Å². The van der Waals surface area contributed by atoms with Crippen LogP contribution in [-0.4, -0.2) is 24.4 Å². The molecule has 0 bridgehead atoms. The highest BCUT2D eigenvalue weighted by Gasteiger charge is 2.09. The van der Waals surface area contributed by atoms with Crippen molar-refractivity contribution in [2.45, 2.75) is 33.3 Å². The van der Waals surface area contributed by atoms with E-state index in [0.29, 0.717) is 18.6 Å². The summed E-state index contributed by atoms with van der Waals surface area (Å²) in [6, 6.07) is 0. The van der Waals surface area contributed by atoms with Crippen molar-refractivity contribution in [2.24, 2.45) is 5.92 Å². The van der Waals surface area contributed by atoms with Gasteiger partial charge in [-0.2, -0.15) is 0 Å². The molecule has 0 fully saturated rings. The molecule has 0 amide bonds. The van der Waals surface area contributed by atoms with Gasteiger partial charge in [-0.05, 0) is 12.3 Å². The molecule has 0 aliphatic rings. The Bertz CT molecular complexity index is 71.7. The molecule has 10 heavy (non-hydrogen) atoms. The van der Waals surface area contributed by atoms with Gasteiger partial charge in [0.05, 0.1) is 19.3 Å². The van der Waals surface area contributed by atoms with E-state index in [9.17, 15) is 0 Å². The first-order chi connectivity index (χ1) is 4.72. The van der Waals surface area contributed by atoms with E-state index in [1.807, 2.05) is 0 Å². The minimum atomic E-state index is 0.128. The fraction of sp³-hybridized carbons (Fsp3) is 1.00. The number of hydrogen-bond acceptors (Lipinski definition) is 2. The molecule has 0 aliphatic carbocycles. The molecule has 0 saturated heterocycles. The zero-order valence-corrected chi connectivity index (χ0v) is 7.13. The second-order valence-corrected chi connectivity index (χ2v) is 2.79. The molecule has 1 unspecified atom stereocenters. The van der Waals surface area contributed by atoms with Crippen LogP contribution in [0.4, 0.5) is 0 Å². The van der Waals surface area contributed by atoms with Crippen molar-refractivity contribution < 1.29 is 9.84 Å². The van der Waals surface area contributed by atoms with Gasteiger partial charge in [-0.3, -0.25) is 0 Å². The van der Waals surface area contributed by atoms with Crippen LogP contribution in [0.5, 0.6) is 0 Å². The van der Waals surface area contributed by atoms with Crippen LogP contribution in [0.15, 0.2) is 0 Å². The summed E-state index contributed by atoms with van der Waals surface area (Å²) in [5.41, 5.74) is 0. The molecule has 0 aromatic heterocycles. The Balaban J connectivity index is 3.40. The van der Waals surface area contributed by atoms with E-state index >= 15 is 0 Å². The average Bonchev–Trinajstić information content (AvgIpc) is 1.89. The lowest BCUT2D eigenvalue weighted by Crippen LogP contribution is -2.20. The van der Waals surface area contributed by atoms with Crippen LogP contribution in [0.25, 0.3) is 0 Å². The summed E-state index contributed by atoms with van der Waals surface area (Å²) in [5.74, 6) is 0.552. The minimum absolute atomic E-state index is 0.128. The van der Waals surface area contributed by atoms with Crippen LogP contribution >= 0.6 is 0 Å². The summed E-state index contributed by atoms with van der Waals surface area (Å²) in [4.78, 5) is 0. The average molecular weight is 146 g/mol. The van der Waals surface area contributed by atoms with Gasteiger partial charge >= 0.3 is 0 Å². The largest absolute Gasteiger partial charge is 0.394 e. The van der Waals surface area contributed by atoms with Crippen molar-refractivity contribution >= 4 is 0 Å². The number of aliphatic hydroxyl groups excluding tert-OH is 1. The van der Waals surface area contributed by atoms with E-state index < -0.39 is 0 Å². The Morgan fingerprint density at radius 3 is 2.30 bits per heavy atom. The Labute approximate surface area is 63.2 Å². The maximum atomic E-state index is 8.47. The highest BCUT2D eigenvalue weighted by molar-refractivity contribution is 4.58. The van der Waals surface area contributed by atoms with Gasteiger partial charge in [0, 0.05) is 0 Å². The van der Waals surface area contributed by atoms with Gasteiger partial charge in [-0.25, -0.2) is 0 Å². The predicted octanol–water partition coefficient (Wildman–Crippen LogP) is 1.43. The van der Waals surface area contributed by atoms with Gasteiger partial charge in [0.15, 0.2) is 0 Å². The van der Waals surface area contributed by atoms with E-state index in [2.05, 4.69) is 20.8 Å². The molecule has 0 aromatic rings. The molecule has 0 rings (SSSR count). The lowest BCUT2D eigenvalue weighted by Gasteiger charge is -2.18. The minimum Gasteiger partial charge on any atom is -0.394 e. The second-order valence-electron chi connectivity index (χ2n) is 2.79. The highest BCUT2D eigenvalue weighted by Crippen LogP contribution is 2.09. The van der Waals surface area contributed by atoms with Gasteiger partial charge in [0.1, 0.15) is 0 Å². The second kappa shape index (κ2) is 5.69. The number of rotatable bonds is 5. The first kappa shape index (κ1) is 9.92. The first-order valence-corrected chi connectivity index (χ1v) is 3.94. The lowest BCUT2D eigenvalue weighted by molar-refractivity contribution is 0.00133. The van der Waals surface area contributed by atoms with Gasteiger partial charge in [0.25, 0.3) is 0 Å². The van der Waals surface area contributed by atoms with Gasteiger partial charge in [0.2, 0.25) is 0 Å². The van der Waals surface area contributed by atoms with Crippen molar-refractivity contribution in [2.75, 3.05) is 13.2 Å². The molecular formula is C8H18O2. The van der Waals surface area contributed by atoms with Crippen LogP contribution in [0.2, 0.25) is 0 Å². The molecule has 2 nitrogen and oxygen atoms in total. The molecule has 0 radical (unpaired) electrons. The quantitative estimate of drug-likeness (QED) is 0.635. The Morgan fingerprint density at radius 1 is 1.40 bits per heavy atom. The zero-order valence-electron chi connectivity index (χ0n) is 7.13. The Morgan fingerprint density at radius 2 is 2.00 bits per heavy atom. The van der Waals surface area contributed by atoms with Crippen molar-refractivity contribution in [3.63, 3.8) is 0 Å². The fourth-order valence-corrected chi connectivity index (χ4v) is 0.986. The van der Waals surface area contributed by atoms with E-state index in [4.69, 9.17) is 9.84 Å². The number of hydrogen-bond donors (Lipinski definition) is 1. The molecule has 0 heterocycles. The normalized spacial score (nSPS) is 14.1. The summed E-state index contributed by atoms with van der Waals surface area (Å²) in [6.45, 7) is 6.96. The summed E-state index contributed by atoms with van der Waals surface area (Å²) in [7, 11) is 0. The van der Waals surface area contributed by atoms with E-state index in [0.717, 1.165) is 6.42 Å². The third-order valence-corrected chi connectivity index (χ3v) is 1.57. The molecule has 2 heteroatoms. The van der Waals surface area contributed by atoms with Crippen LogP contribution in [0.3, 0.4) is 0 Å². The standard InChI is InChI=1S/C8H18O2/c1-4-8(7(2)3)10-6-5-9/h7-9H,4-6H2,1-3H3. The van der Waals surface area contributed by atoms with E-state index in [1.165, 1.54) is 0 Å². The Kier molecular flexibility index (Phi) is 5.64. The topological polar surface area (TPSA) is 29.5 Å². The maximum absolute atomic E-state index is 8.47. The van der Waals surface area contributed by atoms with Crippen LogP contribution in [0, 0.1) is 5.92 Å². The van der Waals surface area contributed by atoms with Crippen LogP contribution < -0.4 is 0 Å². The van der Waals surface area contributed by atoms with Crippen LogP contribution in [-0.2, 0) is 4.74 Å². The van der Waals surface area contributed by atoms with Gasteiger partial charge in [-0.15, -0.1) is 0 Å². The molecule has 0 aromatic carbocycles. The zero-order chi connectivity index (χ0) is 7.98. The molecule has 0 spiro atoms. The third kappa shape index (κ3) is 3.85. The highest BCUT2D eigenvalue weighted by atomic mass is 16.5. The number of aliphatic hydroxyl groups is 1. The number of ether oxygens (including phenoxy) is 1. The first-order valence-electron chi connectivity index (χ1n) is 3.94. The predicted molar refractivity (Wildman–Crippen MR) is 42.0 cm³/mol. The van der Waals surface area contributed by atoms with Crippen molar-refractivity contribution in [3.05, 3.63) is 0 Å². The SMILES string of the molecule is CCC(OCCO)C(C)C. The van der Waals surface area contributed by atoms with Crippen molar-refractivity contribution in [1.82, 2.24) is 0 Å². The van der Waals surface area contributed by atoms with E-state index in [-0.39, 0.29) is 6.61 Å². The summed E-state index contributed by atoms with van der Waals surface area (Å²) >= 11 is 0. The molecule has 0 aliphatic heterocycles. The van der Waals surface area contributed by atoms with Crippen LogP contribution in [0.1, 0.15) is 27.2 Å². The maximum Gasteiger partial charge on any atom is 0.0701 e. The molecule has 62 valence electrons. The van der Waals surface area contributed by atoms with Crippen molar-refractivity contribution in [1.29, 1.82) is 0 Å². The fourth-order valence-electron chi connectivity index (χ4n) is 0.986. The summed E-state index contributed by atoms with van der Waals surface area (Å²) in [5, 5.41) is 8.47. The smallest absolute Gasteiger partial charge is 0.0701 e. The van der Waals surface area contributed by atoms with Gasteiger partial charge in [-0.1, -0.05) is 20.8 Å². The lowest BCUT2D eigenvalue weighted by atomic mass is 10.1. The molecule has 1 N–H and O–H groups in total. The molecular weight excluding hydrogens is 128 g/mol. The molecule has 1 atom stereocenters.